The Bertz CT molecular complexity index is 255. The van der Waals surface area contributed by atoms with Crippen molar-refractivity contribution in [3.63, 3.8) is 0 Å². The van der Waals surface area contributed by atoms with Crippen LogP contribution in [0.3, 0.4) is 0 Å². The van der Waals surface area contributed by atoms with Crippen LogP contribution in [0.4, 0.5) is 0 Å². The third-order valence-electron chi connectivity index (χ3n) is 2.89. The van der Waals surface area contributed by atoms with Gasteiger partial charge in [-0.2, -0.15) is 0 Å². The highest BCUT2D eigenvalue weighted by atomic mass is 35.5. The van der Waals surface area contributed by atoms with Gasteiger partial charge in [0.2, 0.25) is 5.91 Å². The molecule has 5 nitrogen and oxygen atoms in total. The van der Waals surface area contributed by atoms with Crippen molar-refractivity contribution in [1.82, 2.24) is 10.2 Å². The van der Waals surface area contributed by atoms with E-state index in [1.54, 1.807) is 0 Å². The summed E-state index contributed by atoms with van der Waals surface area (Å²) in [5.41, 5.74) is 0. The minimum absolute atomic E-state index is 0. The summed E-state index contributed by atoms with van der Waals surface area (Å²) < 4.78 is 0. The number of carboxylic acids is 1. The number of halogens is 1. The van der Waals surface area contributed by atoms with Gasteiger partial charge in [0.1, 0.15) is 6.54 Å². The zero-order valence-electron chi connectivity index (χ0n) is 10.1. The van der Waals surface area contributed by atoms with Crippen LogP contribution in [0.25, 0.3) is 0 Å². The van der Waals surface area contributed by atoms with Crippen molar-refractivity contribution in [2.24, 2.45) is 5.92 Å². The molecule has 1 aliphatic carbocycles. The van der Waals surface area contributed by atoms with Gasteiger partial charge in [-0.3, -0.25) is 14.5 Å². The van der Waals surface area contributed by atoms with Gasteiger partial charge in [-0.15, -0.1) is 12.4 Å². The molecule has 0 radical (unpaired) electrons. The summed E-state index contributed by atoms with van der Waals surface area (Å²) in [5, 5.41) is 10.8. The lowest BCUT2D eigenvalue weighted by Gasteiger charge is -2.19. The Kier molecular flexibility index (Phi) is 7.91. The highest BCUT2D eigenvalue weighted by molar-refractivity contribution is 5.85. The van der Waals surface area contributed by atoms with E-state index < -0.39 is 5.97 Å². The average molecular weight is 265 g/mol. The second-order valence-electron chi connectivity index (χ2n) is 4.52. The van der Waals surface area contributed by atoms with Crippen LogP contribution in [-0.4, -0.2) is 48.6 Å². The maximum Gasteiger partial charge on any atom is 0.322 e. The Balaban J connectivity index is 0.00000256. The summed E-state index contributed by atoms with van der Waals surface area (Å²) in [7, 11) is 1.90. The Morgan fingerprint density at radius 1 is 1.35 bits per heavy atom. The lowest BCUT2D eigenvalue weighted by atomic mass is 10.1. The van der Waals surface area contributed by atoms with Crippen LogP contribution in [-0.2, 0) is 9.59 Å². The second-order valence-corrected chi connectivity index (χ2v) is 4.52. The first kappa shape index (κ1) is 16.2. The normalized spacial score (nSPS) is 15.6. The largest absolute Gasteiger partial charge is 0.480 e. The molecule has 0 aromatic carbocycles. The van der Waals surface area contributed by atoms with Crippen molar-refractivity contribution in [3.8, 4) is 0 Å². The number of hydrogen-bond donors (Lipinski definition) is 2. The van der Waals surface area contributed by atoms with Crippen LogP contribution in [0.2, 0.25) is 0 Å². The van der Waals surface area contributed by atoms with E-state index in [0.29, 0.717) is 5.92 Å². The number of carbonyl (C=O) groups is 2. The van der Waals surface area contributed by atoms with E-state index in [-0.39, 0.29) is 31.4 Å². The maximum absolute atomic E-state index is 11.3. The predicted octanol–water partition coefficient (Wildman–Crippen LogP) is 0.731. The molecular weight excluding hydrogens is 244 g/mol. The van der Waals surface area contributed by atoms with Crippen LogP contribution in [0.5, 0.6) is 0 Å². The fourth-order valence-electron chi connectivity index (χ4n) is 2.17. The van der Waals surface area contributed by atoms with Gasteiger partial charge in [-0.1, -0.05) is 12.8 Å². The van der Waals surface area contributed by atoms with E-state index in [4.69, 9.17) is 5.11 Å². The lowest BCUT2D eigenvalue weighted by molar-refractivity contribution is -0.138. The molecule has 0 bridgehead atoms. The first-order valence-electron chi connectivity index (χ1n) is 5.75. The van der Waals surface area contributed by atoms with Crippen molar-refractivity contribution in [2.45, 2.75) is 25.7 Å². The topological polar surface area (TPSA) is 69.6 Å². The standard InChI is InChI=1S/C11H20N2O3.ClH/c1-13(7-9-4-2-3-5-9)8-10(14)12-6-11(15)16;/h9H,2-8H2,1H3,(H,12,14)(H,15,16);1H. The molecule has 6 heteroatoms. The monoisotopic (exact) mass is 264 g/mol. The number of aliphatic carboxylic acids is 1. The van der Waals surface area contributed by atoms with Crippen molar-refractivity contribution >= 4 is 24.3 Å². The number of hydrogen-bond acceptors (Lipinski definition) is 3. The zero-order valence-corrected chi connectivity index (χ0v) is 11.0. The van der Waals surface area contributed by atoms with Crippen molar-refractivity contribution in [2.75, 3.05) is 26.7 Å². The number of nitrogens with one attached hydrogen (secondary N) is 1. The first-order chi connectivity index (χ1) is 7.58. The molecule has 2 N–H and O–H groups in total. The molecule has 0 aromatic rings. The smallest absolute Gasteiger partial charge is 0.322 e. The van der Waals surface area contributed by atoms with Gasteiger partial charge in [-0.25, -0.2) is 0 Å². The van der Waals surface area contributed by atoms with E-state index in [2.05, 4.69) is 5.32 Å². The molecular formula is C11H21ClN2O3. The Labute approximate surface area is 108 Å². The molecule has 1 aliphatic rings. The molecule has 0 saturated heterocycles. The Morgan fingerprint density at radius 2 is 1.94 bits per heavy atom. The summed E-state index contributed by atoms with van der Waals surface area (Å²) in [6.07, 6.45) is 5.09. The quantitative estimate of drug-likeness (QED) is 0.742. The number of rotatable bonds is 6. The minimum Gasteiger partial charge on any atom is -0.480 e. The number of carbonyl (C=O) groups excluding carboxylic acids is 1. The number of amides is 1. The van der Waals surface area contributed by atoms with Gasteiger partial charge >= 0.3 is 5.97 Å². The first-order valence-corrected chi connectivity index (χ1v) is 5.75. The van der Waals surface area contributed by atoms with Gasteiger partial charge in [0.15, 0.2) is 0 Å². The molecule has 0 aromatic heterocycles. The SMILES string of the molecule is CN(CC(=O)NCC(=O)O)CC1CCCC1.Cl. The molecule has 0 spiro atoms. The molecule has 0 unspecified atom stereocenters. The molecule has 17 heavy (non-hydrogen) atoms. The van der Waals surface area contributed by atoms with Crippen LogP contribution in [0.1, 0.15) is 25.7 Å². The summed E-state index contributed by atoms with van der Waals surface area (Å²) in [6.45, 7) is 0.917. The van der Waals surface area contributed by atoms with Crippen LogP contribution in [0, 0.1) is 5.92 Å². The second kappa shape index (κ2) is 8.31. The molecule has 1 fully saturated rings. The minimum atomic E-state index is -1.01. The fourth-order valence-corrected chi connectivity index (χ4v) is 2.17. The van der Waals surface area contributed by atoms with Gasteiger partial charge < -0.3 is 10.4 Å². The van der Waals surface area contributed by atoms with Crippen LogP contribution >= 0.6 is 12.4 Å². The molecule has 1 rings (SSSR count). The van der Waals surface area contributed by atoms with E-state index in [9.17, 15) is 9.59 Å². The predicted molar refractivity (Wildman–Crippen MR) is 67.3 cm³/mol. The van der Waals surface area contributed by atoms with Gasteiger partial charge in [-0.05, 0) is 25.8 Å². The summed E-state index contributed by atoms with van der Waals surface area (Å²) in [6, 6.07) is 0. The van der Waals surface area contributed by atoms with Crippen molar-refractivity contribution < 1.29 is 14.7 Å². The fraction of sp³-hybridized carbons (Fsp3) is 0.818. The van der Waals surface area contributed by atoms with E-state index in [1.807, 2.05) is 11.9 Å². The number of carboxylic acid groups (broad SMARTS) is 1. The molecule has 0 atom stereocenters. The summed E-state index contributed by atoms with van der Waals surface area (Å²) in [4.78, 5) is 23.5. The van der Waals surface area contributed by atoms with E-state index in [1.165, 1.54) is 25.7 Å². The highest BCUT2D eigenvalue weighted by Crippen LogP contribution is 2.24. The number of nitrogens with zero attached hydrogens (tertiary/aromatic N) is 1. The van der Waals surface area contributed by atoms with Crippen LogP contribution in [0.15, 0.2) is 0 Å². The molecule has 1 saturated carbocycles. The zero-order chi connectivity index (χ0) is 12.0. The third-order valence-corrected chi connectivity index (χ3v) is 2.89. The molecule has 1 amide bonds. The van der Waals surface area contributed by atoms with Crippen molar-refractivity contribution in [3.05, 3.63) is 0 Å². The van der Waals surface area contributed by atoms with E-state index >= 15 is 0 Å². The summed E-state index contributed by atoms with van der Waals surface area (Å²) in [5.74, 6) is -0.521. The molecule has 0 aliphatic heterocycles. The van der Waals surface area contributed by atoms with Gasteiger partial charge in [0, 0.05) is 6.54 Å². The van der Waals surface area contributed by atoms with Gasteiger partial charge in [0.25, 0.3) is 0 Å². The third kappa shape index (κ3) is 7.18. The highest BCUT2D eigenvalue weighted by Gasteiger charge is 2.17. The van der Waals surface area contributed by atoms with Crippen molar-refractivity contribution in [1.29, 1.82) is 0 Å². The van der Waals surface area contributed by atoms with E-state index in [0.717, 1.165) is 6.54 Å². The Morgan fingerprint density at radius 3 is 2.47 bits per heavy atom. The maximum atomic E-state index is 11.3. The van der Waals surface area contributed by atoms with Crippen LogP contribution < -0.4 is 5.32 Å². The lowest BCUT2D eigenvalue weighted by Crippen LogP contribution is -2.39. The molecule has 0 heterocycles. The average Bonchev–Trinajstić information content (AvgIpc) is 2.67. The Hall–Kier alpha value is -0.810. The summed E-state index contributed by atoms with van der Waals surface area (Å²) >= 11 is 0. The van der Waals surface area contributed by atoms with Gasteiger partial charge in [0.05, 0.1) is 6.54 Å². The number of likely N-dealkylation sites (N-methyl/N-ethyl adjacent to an activating group) is 1. The molecule has 100 valence electrons.